The van der Waals surface area contributed by atoms with E-state index in [-0.39, 0.29) is 12.6 Å². The highest BCUT2D eigenvalue weighted by Crippen LogP contribution is 2.32. The van der Waals surface area contributed by atoms with E-state index in [0.29, 0.717) is 27.8 Å². The van der Waals surface area contributed by atoms with Crippen molar-refractivity contribution in [3.63, 3.8) is 0 Å². The summed E-state index contributed by atoms with van der Waals surface area (Å²) in [4.78, 5) is 25.4. The summed E-state index contributed by atoms with van der Waals surface area (Å²) in [6.07, 6.45) is 0.0883. The van der Waals surface area contributed by atoms with Crippen LogP contribution in [0.3, 0.4) is 0 Å². The SMILES string of the molecule is CC(=O)N(Oc1ccccc1)c1nc2c(ccn2[C@H]2C[C@@H](O)[C@@H](CO)O2)c(=S)[nH]1. The van der Waals surface area contributed by atoms with Gasteiger partial charge in [-0.25, -0.2) is 0 Å². The number of benzene rings is 1. The molecule has 10 heteroatoms. The van der Waals surface area contributed by atoms with Crippen molar-refractivity contribution in [3.8, 4) is 5.75 Å². The van der Waals surface area contributed by atoms with Gasteiger partial charge in [-0.3, -0.25) is 4.79 Å². The number of fused-ring (bicyclic) bond motifs is 1. The number of anilines is 1. The van der Waals surface area contributed by atoms with E-state index < -0.39 is 24.3 Å². The largest absolute Gasteiger partial charge is 0.394 e. The number of hydrogen-bond donors (Lipinski definition) is 3. The number of aromatic amines is 1. The number of carbonyl (C=O) groups excluding carboxylic acids is 1. The molecule has 4 rings (SSSR count). The summed E-state index contributed by atoms with van der Waals surface area (Å²) in [5.74, 6) is 0.195. The number of rotatable bonds is 5. The second-order valence-electron chi connectivity index (χ2n) is 6.68. The second kappa shape index (κ2) is 7.91. The molecule has 3 N–H and O–H groups in total. The Bertz CT molecular complexity index is 1080. The van der Waals surface area contributed by atoms with Crippen molar-refractivity contribution in [3.05, 3.63) is 47.2 Å². The van der Waals surface area contributed by atoms with Crippen molar-refractivity contribution in [2.75, 3.05) is 11.7 Å². The van der Waals surface area contributed by atoms with Crippen LogP contribution in [0.1, 0.15) is 19.6 Å². The number of H-pyrrole nitrogens is 1. The standard InChI is InChI=1S/C19H20N4O5S/c1-11(25)23(28-12-5-3-2-4-6-12)19-20-17-13(18(29)21-19)7-8-22(17)16-9-14(26)15(10-24)27-16/h2-8,14-16,24,26H,9-10H2,1H3,(H,20,21,29)/t14-,15-,16-/m1/s1. The third-order valence-electron chi connectivity index (χ3n) is 4.68. The highest BCUT2D eigenvalue weighted by atomic mass is 32.1. The van der Waals surface area contributed by atoms with Gasteiger partial charge in [0.1, 0.15) is 22.6 Å². The molecule has 1 aliphatic rings. The monoisotopic (exact) mass is 416 g/mol. The lowest BCUT2D eigenvalue weighted by molar-refractivity contribution is -0.120. The first-order valence-electron chi connectivity index (χ1n) is 9.07. The average molecular weight is 416 g/mol. The first-order chi connectivity index (χ1) is 14.0. The van der Waals surface area contributed by atoms with Crippen LogP contribution in [0.2, 0.25) is 0 Å². The lowest BCUT2D eigenvalue weighted by atomic mass is 10.2. The fraction of sp³-hybridized carbons (Fsp3) is 0.316. The normalized spacial score (nSPS) is 21.4. The Labute approximate surface area is 171 Å². The van der Waals surface area contributed by atoms with Gasteiger partial charge in [0.25, 0.3) is 5.91 Å². The number of aromatic nitrogens is 3. The molecule has 1 fully saturated rings. The van der Waals surface area contributed by atoms with Crippen molar-refractivity contribution in [1.29, 1.82) is 0 Å². The maximum Gasteiger partial charge on any atom is 0.260 e. The first-order valence-corrected chi connectivity index (χ1v) is 9.47. The number of aliphatic hydroxyl groups is 2. The molecule has 152 valence electrons. The van der Waals surface area contributed by atoms with Gasteiger partial charge in [0, 0.05) is 19.5 Å². The van der Waals surface area contributed by atoms with E-state index in [1.54, 1.807) is 41.1 Å². The Balaban J connectivity index is 1.74. The maximum absolute atomic E-state index is 12.2. The smallest absolute Gasteiger partial charge is 0.260 e. The molecule has 9 nitrogen and oxygen atoms in total. The van der Waals surface area contributed by atoms with E-state index in [1.165, 1.54) is 6.92 Å². The van der Waals surface area contributed by atoms with E-state index in [1.807, 2.05) is 6.07 Å². The number of ether oxygens (including phenoxy) is 1. The van der Waals surface area contributed by atoms with Crippen molar-refractivity contribution >= 4 is 35.1 Å². The van der Waals surface area contributed by atoms with Gasteiger partial charge in [0.05, 0.1) is 18.1 Å². The topological polar surface area (TPSA) is 113 Å². The summed E-state index contributed by atoms with van der Waals surface area (Å²) in [5.41, 5.74) is 0.474. The van der Waals surface area contributed by atoms with E-state index in [2.05, 4.69) is 9.97 Å². The molecule has 0 unspecified atom stereocenters. The van der Waals surface area contributed by atoms with Crippen LogP contribution >= 0.6 is 12.2 Å². The van der Waals surface area contributed by atoms with E-state index >= 15 is 0 Å². The molecule has 2 aromatic heterocycles. The average Bonchev–Trinajstić information content (AvgIpc) is 3.30. The molecule has 1 aromatic carbocycles. The number of hydroxylamine groups is 1. The third kappa shape index (κ3) is 3.75. The Morgan fingerprint density at radius 3 is 2.83 bits per heavy atom. The van der Waals surface area contributed by atoms with Crippen molar-refractivity contribution in [1.82, 2.24) is 14.5 Å². The zero-order valence-electron chi connectivity index (χ0n) is 15.6. The van der Waals surface area contributed by atoms with Crippen LogP contribution in [0.5, 0.6) is 5.75 Å². The van der Waals surface area contributed by atoms with Gasteiger partial charge in [-0.05, 0) is 18.2 Å². The molecule has 0 radical (unpaired) electrons. The van der Waals surface area contributed by atoms with Crippen LogP contribution in [0.15, 0.2) is 42.6 Å². The molecule has 3 aromatic rings. The van der Waals surface area contributed by atoms with Gasteiger partial charge in [-0.2, -0.15) is 4.98 Å². The number of carbonyl (C=O) groups is 1. The van der Waals surface area contributed by atoms with Gasteiger partial charge >= 0.3 is 0 Å². The zero-order valence-corrected chi connectivity index (χ0v) is 16.4. The van der Waals surface area contributed by atoms with Crippen LogP contribution < -0.4 is 9.90 Å². The molecule has 3 heterocycles. The summed E-state index contributed by atoms with van der Waals surface area (Å²) in [5, 5.41) is 21.1. The minimum Gasteiger partial charge on any atom is -0.394 e. The molecule has 1 saturated heterocycles. The second-order valence-corrected chi connectivity index (χ2v) is 7.09. The lowest BCUT2D eigenvalue weighted by Gasteiger charge is -2.20. The summed E-state index contributed by atoms with van der Waals surface area (Å²) in [7, 11) is 0. The third-order valence-corrected chi connectivity index (χ3v) is 5.00. The van der Waals surface area contributed by atoms with E-state index in [4.69, 9.17) is 21.8 Å². The lowest BCUT2D eigenvalue weighted by Crippen LogP contribution is -2.33. The van der Waals surface area contributed by atoms with Crippen molar-refractivity contribution < 1.29 is 24.6 Å². The summed E-state index contributed by atoms with van der Waals surface area (Å²) in [6, 6.07) is 10.6. The van der Waals surface area contributed by atoms with Gasteiger partial charge < -0.3 is 29.3 Å². The molecule has 29 heavy (non-hydrogen) atoms. The van der Waals surface area contributed by atoms with Crippen LogP contribution in [0.25, 0.3) is 11.0 Å². The fourth-order valence-corrected chi connectivity index (χ4v) is 3.50. The highest BCUT2D eigenvalue weighted by Gasteiger charge is 2.35. The predicted molar refractivity (Wildman–Crippen MR) is 107 cm³/mol. The molecular formula is C19H20N4O5S. The Morgan fingerprint density at radius 1 is 1.41 bits per heavy atom. The molecule has 0 saturated carbocycles. The predicted octanol–water partition coefficient (Wildman–Crippen LogP) is 2.08. The molecule has 0 spiro atoms. The number of amides is 1. The first kappa shape index (κ1) is 19.5. The van der Waals surface area contributed by atoms with Crippen LogP contribution in [-0.4, -0.2) is 49.5 Å². The quantitative estimate of drug-likeness (QED) is 0.431. The summed E-state index contributed by atoms with van der Waals surface area (Å²) >= 11 is 5.44. The Kier molecular flexibility index (Phi) is 5.33. The minimum absolute atomic E-state index is 0.121. The van der Waals surface area contributed by atoms with Gasteiger partial charge in [-0.15, -0.1) is 5.06 Å². The zero-order chi connectivity index (χ0) is 20.5. The Hall–Kier alpha value is -2.79. The van der Waals surface area contributed by atoms with Crippen LogP contribution in [-0.2, 0) is 9.53 Å². The minimum atomic E-state index is -0.782. The molecule has 0 bridgehead atoms. The van der Waals surface area contributed by atoms with Gasteiger partial charge in [0.2, 0.25) is 5.95 Å². The van der Waals surface area contributed by atoms with E-state index in [0.717, 1.165) is 5.06 Å². The maximum atomic E-state index is 12.2. The van der Waals surface area contributed by atoms with Crippen LogP contribution in [0.4, 0.5) is 5.95 Å². The number of para-hydroxylation sites is 1. The molecule has 1 amide bonds. The van der Waals surface area contributed by atoms with Crippen LogP contribution in [0, 0.1) is 4.64 Å². The molecule has 1 aliphatic heterocycles. The number of nitrogens with one attached hydrogen (secondary N) is 1. The number of nitrogens with zero attached hydrogens (tertiary/aromatic N) is 3. The molecule has 3 atom stereocenters. The summed E-state index contributed by atoms with van der Waals surface area (Å²) < 4.78 is 7.83. The molecule has 0 aliphatic carbocycles. The van der Waals surface area contributed by atoms with Crippen molar-refractivity contribution in [2.24, 2.45) is 0 Å². The fourth-order valence-electron chi connectivity index (χ4n) is 3.25. The van der Waals surface area contributed by atoms with Gasteiger partial charge in [0.15, 0.2) is 5.75 Å². The van der Waals surface area contributed by atoms with Gasteiger partial charge in [-0.1, -0.05) is 30.4 Å². The number of aliphatic hydroxyl groups excluding tert-OH is 2. The summed E-state index contributed by atoms with van der Waals surface area (Å²) in [6.45, 7) is 1.08. The van der Waals surface area contributed by atoms with Crippen molar-refractivity contribution in [2.45, 2.75) is 31.8 Å². The van der Waals surface area contributed by atoms with E-state index in [9.17, 15) is 15.0 Å². The number of hydrogen-bond acceptors (Lipinski definition) is 7. The Morgan fingerprint density at radius 2 is 2.17 bits per heavy atom. The molecular weight excluding hydrogens is 396 g/mol. The highest BCUT2D eigenvalue weighted by molar-refractivity contribution is 7.71.